The van der Waals surface area contributed by atoms with E-state index in [0.29, 0.717) is 0 Å². The van der Waals surface area contributed by atoms with Crippen LogP contribution < -0.4 is 0 Å². The molecular weight excluding hydrogens is 631 g/mol. The Bertz CT molecular complexity index is 2880. The van der Waals surface area contributed by atoms with Crippen molar-refractivity contribution in [2.75, 3.05) is 0 Å². The van der Waals surface area contributed by atoms with Crippen LogP contribution >= 0.6 is 0 Å². The van der Waals surface area contributed by atoms with Gasteiger partial charge in [0.05, 0.1) is 28.3 Å². The summed E-state index contributed by atoms with van der Waals surface area (Å²) in [6.45, 7) is 4.69. The molecule has 246 valence electrons. The molecule has 0 aliphatic heterocycles. The number of rotatable bonds is 4. The molecule has 0 bridgehead atoms. The smallest absolute Gasteiger partial charge is 0.0947 e. The fourth-order valence-corrected chi connectivity index (χ4v) is 8.74. The summed E-state index contributed by atoms with van der Waals surface area (Å²) in [4.78, 5) is 5.31. The summed E-state index contributed by atoms with van der Waals surface area (Å²) in [5.41, 5.74) is 16.9. The second kappa shape index (κ2) is 11.5. The number of allylic oxidation sites excluding steroid dienone is 4. The number of pyridine rings is 1. The molecule has 0 unspecified atom stereocenters. The summed E-state index contributed by atoms with van der Waals surface area (Å²) in [6, 6.07) is 52.9. The monoisotopic (exact) mass is 665 g/mol. The van der Waals surface area contributed by atoms with Gasteiger partial charge in [-0.2, -0.15) is 5.26 Å². The van der Waals surface area contributed by atoms with Gasteiger partial charge in [0.25, 0.3) is 0 Å². The van der Waals surface area contributed by atoms with Gasteiger partial charge in [-0.1, -0.05) is 123 Å². The molecule has 2 aliphatic rings. The first-order valence-electron chi connectivity index (χ1n) is 18.1. The normalized spacial score (nSPS) is 14.6. The lowest BCUT2D eigenvalue weighted by molar-refractivity contribution is 0.661. The van der Waals surface area contributed by atoms with Crippen LogP contribution in [0.15, 0.2) is 157 Å². The van der Waals surface area contributed by atoms with Gasteiger partial charge in [0.1, 0.15) is 0 Å². The number of para-hydroxylation sites is 2. The Kier molecular flexibility index (Phi) is 6.72. The fourth-order valence-electron chi connectivity index (χ4n) is 8.74. The molecule has 3 heteroatoms. The van der Waals surface area contributed by atoms with Gasteiger partial charge in [0.2, 0.25) is 0 Å². The first-order valence-corrected chi connectivity index (χ1v) is 18.1. The topological polar surface area (TPSA) is 41.6 Å². The number of nitrogens with zero attached hydrogens (tertiary/aromatic N) is 3. The van der Waals surface area contributed by atoms with E-state index in [2.05, 4.69) is 176 Å². The van der Waals surface area contributed by atoms with Crippen LogP contribution in [0.1, 0.15) is 43.4 Å². The average molecular weight is 666 g/mol. The second-order valence-electron chi connectivity index (χ2n) is 14.6. The lowest BCUT2D eigenvalue weighted by Crippen LogP contribution is -2.14. The Balaban J connectivity index is 1.31. The highest BCUT2D eigenvalue weighted by Gasteiger charge is 2.37. The van der Waals surface area contributed by atoms with Gasteiger partial charge in [-0.25, -0.2) is 4.98 Å². The van der Waals surface area contributed by atoms with Crippen LogP contribution in [0.3, 0.4) is 0 Å². The van der Waals surface area contributed by atoms with Gasteiger partial charge in [0.15, 0.2) is 0 Å². The largest absolute Gasteiger partial charge is 0.309 e. The number of benzene rings is 6. The van der Waals surface area contributed by atoms with Gasteiger partial charge >= 0.3 is 0 Å². The van der Waals surface area contributed by atoms with Crippen molar-refractivity contribution in [1.29, 1.82) is 5.26 Å². The zero-order valence-corrected chi connectivity index (χ0v) is 29.2. The zero-order valence-electron chi connectivity index (χ0n) is 29.2. The lowest BCUT2D eigenvalue weighted by Gasteiger charge is -2.21. The van der Waals surface area contributed by atoms with Crippen LogP contribution in [0.4, 0.5) is 0 Å². The molecule has 10 rings (SSSR count). The maximum absolute atomic E-state index is 9.92. The van der Waals surface area contributed by atoms with Crippen LogP contribution in [0.25, 0.3) is 77.5 Å². The van der Waals surface area contributed by atoms with Crippen LogP contribution in [0.5, 0.6) is 0 Å². The molecule has 0 saturated heterocycles. The summed E-state index contributed by atoms with van der Waals surface area (Å²) in [5, 5.41) is 13.5. The van der Waals surface area contributed by atoms with Crippen LogP contribution in [-0.2, 0) is 5.41 Å². The molecule has 6 aromatic carbocycles. The minimum absolute atomic E-state index is 0.122. The molecule has 0 atom stereocenters. The minimum atomic E-state index is -0.122. The Morgan fingerprint density at radius 2 is 1.40 bits per heavy atom. The molecular formula is C49H35N3. The van der Waals surface area contributed by atoms with E-state index in [-0.39, 0.29) is 5.41 Å². The molecule has 0 fully saturated rings. The molecule has 0 N–H and O–H groups in total. The van der Waals surface area contributed by atoms with E-state index in [1.807, 2.05) is 0 Å². The van der Waals surface area contributed by atoms with E-state index in [4.69, 9.17) is 4.98 Å². The molecule has 8 aromatic rings. The summed E-state index contributed by atoms with van der Waals surface area (Å²) < 4.78 is 2.48. The van der Waals surface area contributed by atoms with Crippen molar-refractivity contribution in [1.82, 2.24) is 9.55 Å². The predicted octanol–water partition coefficient (Wildman–Crippen LogP) is 12.6. The number of hydrogen-bond acceptors (Lipinski definition) is 2. The standard InChI is InChI=1S/C49H35N3/c1-49(2)42-20-9-6-19-40(42)47-43(49)24-23-39-38-18-8-11-22-46(38)52(48(39)47)36-27-34(33-16-12-13-31(25-33)30-50)26-35(28-36)45-29-41(32-14-4-3-5-15-32)37-17-7-10-21-44(37)51-45/h3-11,14-29H,12-13H2,1-2H3. The van der Waals surface area contributed by atoms with Crippen LogP contribution in [-0.4, -0.2) is 9.55 Å². The summed E-state index contributed by atoms with van der Waals surface area (Å²) in [7, 11) is 0. The SMILES string of the molecule is CC1(C)c2ccccc2-c2c1ccc1c3ccccc3n(-c3cc(C4=CCCC(C#N)=C4)cc(-c4cc(-c5ccccc5)c5ccccc5n4)c3)c21. The van der Waals surface area contributed by atoms with Crippen molar-refractivity contribution < 1.29 is 0 Å². The van der Waals surface area contributed by atoms with Crippen molar-refractivity contribution in [3.8, 4) is 45.3 Å². The Labute approximate surface area is 303 Å². The fraction of sp³-hybridized carbons (Fsp3) is 0.102. The van der Waals surface area contributed by atoms with Gasteiger partial charge in [-0.05, 0) is 94.3 Å². The molecule has 52 heavy (non-hydrogen) atoms. The highest BCUT2D eigenvalue weighted by Crippen LogP contribution is 2.53. The van der Waals surface area contributed by atoms with Crippen molar-refractivity contribution >= 4 is 38.3 Å². The molecule has 0 amide bonds. The van der Waals surface area contributed by atoms with Crippen molar-refractivity contribution in [2.45, 2.75) is 32.1 Å². The first-order chi connectivity index (χ1) is 25.5. The molecule has 2 aliphatic carbocycles. The van der Waals surface area contributed by atoms with E-state index in [9.17, 15) is 5.26 Å². The van der Waals surface area contributed by atoms with E-state index < -0.39 is 0 Å². The van der Waals surface area contributed by atoms with Gasteiger partial charge < -0.3 is 4.57 Å². The number of nitriles is 1. The highest BCUT2D eigenvalue weighted by atomic mass is 15.0. The highest BCUT2D eigenvalue weighted by molar-refractivity contribution is 6.15. The molecule has 0 saturated carbocycles. The van der Waals surface area contributed by atoms with Crippen LogP contribution in [0, 0.1) is 11.3 Å². The number of fused-ring (bicyclic) bond motifs is 8. The number of aromatic nitrogens is 2. The van der Waals surface area contributed by atoms with Gasteiger partial charge in [0, 0.05) is 44.0 Å². The molecule has 2 aromatic heterocycles. The summed E-state index contributed by atoms with van der Waals surface area (Å²) >= 11 is 0. The molecule has 0 radical (unpaired) electrons. The van der Waals surface area contributed by atoms with Crippen molar-refractivity contribution in [3.05, 3.63) is 174 Å². The van der Waals surface area contributed by atoms with Crippen molar-refractivity contribution in [2.24, 2.45) is 0 Å². The van der Waals surface area contributed by atoms with E-state index >= 15 is 0 Å². The molecule has 0 spiro atoms. The molecule has 3 nitrogen and oxygen atoms in total. The third kappa shape index (κ3) is 4.54. The Morgan fingerprint density at radius 1 is 0.654 bits per heavy atom. The number of hydrogen-bond donors (Lipinski definition) is 0. The van der Waals surface area contributed by atoms with E-state index in [0.717, 1.165) is 68.5 Å². The first kappa shape index (κ1) is 30.3. The predicted molar refractivity (Wildman–Crippen MR) is 215 cm³/mol. The van der Waals surface area contributed by atoms with Crippen LogP contribution in [0.2, 0.25) is 0 Å². The quantitative estimate of drug-likeness (QED) is 0.188. The van der Waals surface area contributed by atoms with E-state index in [1.165, 1.54) is 44.1 Å². The third-order valence-electron chi connectivity index (χ3n) is 11.2. The maximum atomic E-state index is 9.92. The van der Waals surface area contributed by atoms with E-state index in [1.54, 1.807) is 0 Å². The lowest BCUT2D eigenvalue weighted by atomic mass is 9.82. The molecule has 2 heterocycles. The van der Waals surface area contributed by atoms with Gasteiger partial charge in [-0.15, -0.1) is 0 Å². The Morgan fingerprint density at radius 3 is 2.27 bits per heavy atom. The summed E-state index contributed by atoms with van der Waals surface area (Å²) in [5.74, 6) is 0. The zero-order chi connectivity index (χ0) is 35.0. The van der Waals surface area contributed by atoms with Gasteiger partial charge in [-0.3, -0.25) is 0 Å². The Hall–Kier alpha value is -6.50. The maximum Gasteiger partial charge on any atom is 0.0947 e. The third-order valence-corrected chi connectivity index (χ3v) is 11.2. The second-order valence-corrected chi connectivity index (χ2v) is 14.6. The van der Waals surface area contributed by atoms with Crippen molar-refractivity contribution in [3.63, 3.8) is 0 Å². The minimum Gasteiger partial charge on any atom is -0.309 e. The average Bonchev–Trinajstić information content (AvgIpc) is 3.66. The summed E-state index contributed by atoms with van der Waals surface area (Å²) in [6.07, 6.45) is 5.95.